The van der Waals surface area contributed by atoms with E-state index in [4.69, 9.17) is 5.73 Å². The van der Waals surface area contributed by atoms with Crippen LogP contribution in [0.5, 0.6) is 0 Å². The van der Waals surface area contributed by atoms with Gasteiger partial charge in [0.15, 0.2) is 5.69 Å². The van der Waals surface area contributed by atoms with Crippen molar-refractivity contribution in [2.24, 2.45) is 11.7 Å². The lowest BCUT2D eigenvalue weighted by atomic mass is 10.0. The van der Waals surface area contributed by atoms with Crippen molar-refractivity contribution in [2.75, 3.05) is 11.9 Å². The van der Waals surface area contributed by atoms with E-state index >= 15 is 0 Å². The Labute approximate surface area is 153 Å². The Kier molecular flexibility index (Phi) is 5.17. The van der Waals surface area contributed by atoms with E-state index in [9.17, 15) is 23.9 Å². The molecule has 2 aromatic rings. The van der Waals surface area contributed by atoms with Crippen LogP contribution in [0.4, 0.5) is 10.2 Å². The summed E-state index contributed by atoms with van der Waals surface area (Å²) < 4.78 is 15.2. The Morgan fingerprint density at radius 3 is 2.89 bits per heavy atom. The summed E-state index contributed by atoms with van der Waals surface area (Å²) in [5.41, 5.74) is 5.23. The van der Waals surface area contributed by atoms with Crippen molar-refractivity contribution in [3.05, 3.63) is 47.7 Å². The number of imidazole rings is 1. The number of hydrogen-bond acceptors (Lipinski definition) is 5. The maximum atomic E-state index is 13.6. The van der Waals surface area contributed by atoms with Crippen molar-refractivity contribution < 1.29 is 23.9 Å². The van der Waals surface area contributed by atoms with E-state index in [1.807, 2.05) is 0 Å². The smallest absolute Gasteiger partial charge is 0.271 e. The topological polar surface area (TPSA) is 139 Å². The van der Waals surface area contributed by atoms with Gasteiger partial charge in [-0.05, 0) is 6.07 Å². The van der Waals surface area contributed by atoms with Gasteiger partial charge in [0.25, 0.3) is 5.91 Å². The first-order chi connectivity index (χ1) is 12.9. The molecule has 27 heavy (non-hydrogen) atoms. The largest absolute Gasteiger partial charge is 0.386 e. The van der Waals surface area contributed by atoms with E-state index < -0.39 is 35.6 Å². The van der Waals surface area contributed by atoms with Crippen LogP contribution in [0.1, 0.15) is 28.6 Å². The maximum Gasteiger partial charge on any atom is 0.271 e. The Hall–Kier alpha value is -3.27. The quantitative estimate of drug-likeness (QED) is 0.560. The fourth-order valence-electron chi connectivity index (χ4n) is 2.89. The highest BCUT2D eigenvalue weighted by Crippen LogP contribution is 2.24. The molecule has 2 heterocycles. The van der Waals surface area contributed by atoms with Gasteiger partial charge in [-0.1, -0.05) is 18.2 Å². The van der Waals surface area contributed by atoms with Gasteiger partial charge in [0.2, 0.25) is 11.8 Å². The molecule has 2 unspecified atom stereocenters. The molecule has 9 nitrogen and oxygen atoms in total. The third-order valence-electron chi connectivity index (χ3n) is 4.29. The van der Waals surface area contributed by atoms with Crippen molar-refractivity contribution in [3.8, 4) is 0 Å². The van der Waals surface area contributed by atoms with Crippen LogP contribution >= 0.6 is 0 Å². The summed E-state index contributed by atoms with van der Waals surface area (Å²) in [4.78, 5) is 39.4. The zero-order valence-electron chi connectivity index (χ0n) is 14.2. The maximum absolute atomic E-state index is 13.6. The van der Waals surface area contributed by atoms with Crippen LogP contribution in [0.2, 0.25) is 0 Å². The van der Waals surface area contributed by atoms with E-state index in [1.165, 1.54) is 29.1 Å². The SMILES string of the molecule is NC(=O)c1ncn2c1NC(=O)C(CC(=O)NCC(O)c1ccccc1F)C2. The number of hydrogen-bond donors (Lipinski definition) is 4. The van der Waals surface area contributed by atoms with Crippen LogP contribution in [-0.4, -0.2) is 38.9 Å². The molecule has 0 bridgehead atoms. The summed E-state index contributed by atoms with van der Waals surface area (Å²) >= 11 is 0. The molecule has 1 aromatic carbocycles. The molecule has 10 heteroatoms. The molecule has 0 saturated carbocycles. The molecule has 0 fully saturated rings. The minimum Gasteiger partial charge on any atom is -0.386 e. The minimum absolute atomic E-state index is 0.0424. The van der Waals surface area contributed by atoms with Crippen LogP contribution in [0.15, 0.2) is 30.6 Å². The molecular formula is C17H18FN5O4. The third-order valence-corrected chi connectivity index (χ3v) is 4.29. The number of aliphatic hydroxyl groups excluding tert-OH is 1. The summed E-state index contributed by atoms with van der Waals surface area (Å²) in [5.74, 6) is -2.71. The number of carbonyl (C=O) groups is 3. The Morgan fingerprint density at radius 1 is 1.44 bits per heavy atom. The summed E-state index contributed by atoms with van der Waals surface area (Å²) in [6, 6.07) is 5.73. The van der Waals surface area contributed by atoms with Gasteiger partial charge in [0.1, 0.15) is 11.6 Å². The van der Waals surface area contributed by atoms with Crippen LogP contribution in [0, 0.1) is 11.7 Å². The van der Waals surface area contributed by atoms with E-state index in [0.717, 1.165) is 0 Å². The lowest BCUT2D eigenvalue weighted by Gasteiger charge is -2.24. The first-order valence-electron chi connectivity index (χ1n) is 8.21. The number of aromatic nitrogens is 2. The van der Waals surface area contributed by atoms with Crippen molar-refractivity contribution in [3.63, 3.8) is 0 Å². The number of anilines is 1. The van der Waals surface area contributed by atoms with Crippen LogP contribution < -0.4 is 16.4 Å². The van der Waals surface area contributed by atoms with Crippen LogP contribution in [-0.2, 0) is 16.1 Å². The number of fused-ring (bicyclic) bond motifs is 1. The zero-order valence-corrected chi connectivity index (χ0v) is 14.2. The minimum atomic E-state index is -1.20. The molecule has 1 aromatic heterocycles. The molecule has 142 valence electrons. The Morgan fingerprint density at radius 2 is 2.19 bits per heavy atom. The molecule has 1 aliphatic heterocycles. The van der Waals surface area contributed by atoms with Gasteiger partial charge < -0.3 is 26.0 Å². The summed E-state index contributed by atoms with van der Waals surface area (Å²) in [5, 5.41) is 15.0. The summed E-state index contributed by atoms with van der Waals surface area (Å²) in [7, 11) is 0. The lowest BCUT2D eigenvalue weighted by molar-refractivity contribution is -0.128. The van der Waals surface area contributed by atoms with Gasteiger partial charge in [-0.3, -0.25) is 14.4 Å². The second-order valence-corrected chi connectivity index (χ2v) is 6.19. The molecule has 5 N–H and O–H groups in total. The lowest BCUT2D eigenvalue weighted by Crippen LogP contribution is -2.38. The molecule has 1 aliphatic rings. The second-order valence-electron chi connectivity index (χ2n) is 6.19. The number of amides is 3. The van der Waals surface area contributed by atoms with Crippen molar-refractivity contribution >= 4 is 23.5 Å². The fraction of sp³-hybridized carbons (Fsp3) is 0.294. The van der Waals surface area contributed by atoms with Crippen molar-refractivity contribution in [1.29, 1.82) is 0 Å². The monoisotopic (exact) mass is 375 g/mol. The van der Waals surface area contributed by atoms with Gasteiger partial charge in [-0.25, -0.2) is 9.37 Å². The van der Waals surface area contributed by atoms with E-state index in [1.54, 1.807) is 6.07 Å². The predicted octanol–water partition coefficient (Wildman–Crippen LogP) is -0.0707. The summed E-state index contributed by atoms with van der Waals surface area (Å²) in [6.45, 7) is -0.0268. The molecule has 3 amide bonds. The fourth-order valence-corrected chi connectivity index (χ4v) is 2.89. The van der Waals surface area contributed by atoms with Crippen molar-refractivity contribution in [2.45, 2.75) is 19.1 Å². The van der Waals surface area contributed by atoms with Gasteiger partial charge in [0.05, 0.1) is 18.3 Å². The van der Waals surface area contributed by atoms with E-state index in [-0.39, 0.29) is 36.6 Å². The number of nitrogens with zero attached hydrogens (tertiary/aromatic N) is 2. The number of rotatable bonds is 6. The molecular weight excluding hydrogens is 357 g/mol. The Bertz CT molecular complexity index is 897. The molecule has 0 radical (unpaired) electrons. The van der Waals surface area contributed by atoms with E-state index in [2.05, 4.69) is 15.6 Å². The number of benzene rings is 1. The number of nitrogens with two attached hydrogens (primary N) is 1. The Balaban J connectivity index is 1.57. The molecule has 2 atom stereocenters. The first kappa shape index (κ1) is 18.5. The van der Waals surface area contributed by atoms with E-state index in [0.29, 0.717) is 0 Å². The number of nitrogens with one attached hydrogen (secondary N) is 2. The zero-order chi connectivity index (χ0) is 19.6. The average molecular weight is 375 g/mol. The van der Waals surface area contributed by atoms with Gasteiger partial charge in [-0.15, -0.1) is 0 Å². The van der Waals surface area contributed by atoms with Crippen LogP contribution in [0.3, 0.4) is 0 Å². The first-order valence-corrected chi connectivity index (χ1v) is 8.21. The molecule has 0 aliphatic carbocycles. The summed E-state index contributed by atoms with van der Waals surface area (Å²) in [6.07, 6.45) is 0.0230. The third kappa shape index (κ3) is 3.95. The number of aliphatic hydroxyl groups is 1. The van der Waals surface area contributed by atoms with Crippen LogP contribution in [0.25, 0.3) is 0 Å². The molecule has 0 saturated heterocycles. The predicted molar refractivity (Wildman–Crippen MR) is 91.9 cm³/mol. The standard InChI is InChI=1S/C17H18FN5O4/c18-11-4-2-1-3-10(11)12(24)6-20-13(25)5-9-7-23-8-21-14(15(19)26)16(23)22-17(9)27/h1-4,8-9,12,24H,5-7H2,(H2,19,26)(H,20,25)(H,22,27). The van der Waals surface area contributed by atoms with Gasteiger partial charge in [0, 0.05) is 25.1 Å². The van der Waals surface area contributed by atoms with Gasteiger partial charge >= 0.3 is 0 Å². The van der Waals surface area contributed by atoms with Crippen molar-refractivity contribution in [1.82, 2.24) is 14.9 Å². The second kappa shape index (κ2) is 7.54. The molecule has 3 rings (SSSR count). The highest BCUT2D eigenvalue weighted by Gasteiger charge is 2.31. The normalized spacial score (nSPS) is 17.0. The average Bonchev–Trinajstić information content (AvgIpc) is 3.03. The number of primary amides is 1. The number of halogens is 1. The highest BCUT2D eigenvalue weighted by molar-refractivity contribution is 6.02. The highest BCUT2D eigenvalue weighted by atomic mass is 19.1. The van der Waals surface area contributed by atoms with Gasteiger partial charge in [-0.2, -0.15) is 0 Å². The number of carbonyl (C=O) groups excluding carboxylic acids is 3. The molecule has 0 spiro atoms.